The van der Waals surface area contributed by atoms with Crippen molar-refractivity contribution in [1.29, 1.82) is 0 Å². The maximum absolute atomic E-state index is 11.8. The molecule has 0 bridgehead atoms. The van der Waals surface area contributed by atoms with Crippen LogP contribution in [0.2, 0.25) is 0 Å². The maximum atomic E-state index is 11.8. The molecule has 0 fully saturated rings. The van der Waals surface area contributed by atoms with Crippen molar-refractivity contribution in [3.05, 3.63) is 36.0 Å². The van der Waals surface area contributed by atoms with E-state index < -0.39 is 10.0 Å². The molecule has 0 radical (unpaired) electrons. The molecule has 1 heterocycles. The van der Waals surface area contributed by atoms with Crippen molar-refractivity contribution in [2.45, 2.75) is 24.9 Å². The van der Waals surface area contributed by atoms with Crippen LogP contribution in [0.15, 0.2) is 35.4 Å². The number of hydrogen-bond acceptors (Lipinski definition) is 6. The van der Waals surface area contributed by atoms with Gasteiger partial charge in [0.1, 0.15) is 6.54 Å². The number of carbonyl (C=O) groups is 2. The van der Waals surface area contributed by atoms with Gasteiger partial charge >= 0.3 is 0 Å². The van der Waals surface area contributed by atoms with Gasteiger partial charge in [0.05, 0.1) is 11.1 Å². The van der Waals surface area contributed by atoms with Crippen LogP contribution in [-0.4, -0.2) is 35.2 Å². The van der Waals surface area contributed by atoms with Crippen LogP contribution in [0.25, 0.3) is 0 Å². The Kier molecular flexibility index (Phi) is 5.26. The molecule has 0 aliphatic rings. The summed E-state index contributed by atoms with van der Waals surface area (Å²) in [5.41, 5.74) is 0.711. The summed E-state index contributed by atoms with van der Waals surface area (Å²) < 4.78 is 22.3. The van der Waals surface area contributed by atoms with E-state index in [1.165, 1.54) is 25.3 Å². The highest BCUT2D eigenvalue weighted by molar-refractivity contribution is 7.89. The number of sulfonamides is 1. The molecule has 0 unspecified atom stereocenters. The fourth-order valence-electron chi connectivity index (χ4n) is 1.79. The SMILES string of the molecule is CC(=O)Nc1cnn(CC(=O)NCc2ccc(S(N)(=O)=O)cc2)n1. The lowest BCUT2D eigenvalue weighted by atomic mass is 10.2. The molecule has 1 aromatic heterocycles. The van der Waals surface area contributed by atoms with Crippen LogP contribution in [0.1, 0.15) is 12.5 Å². The average Bonchev–Trinajstić information content (AvgIpc) is 2.91. The summed E-state index contributed by atoms with van der Waals surface area (Å²) >= 11 is 0. The predicted octanol–water partition coefficient (Wildman–Crippen LogP) is -0.800. The molecule has 0 atom stereocenters. The molecule has 2 aromatic rings. The molecule has 2 rings (SSSR count). The largest absolute Gasteiger partial charge is 0.350 e. The average molecular weight is 352 g/mol. The summed E-state index contributed by atoms with van der Waals surface area (Å²) in [6.45, 7) is 1.44. The number of anilines is 1. The quantitative estimate of drug-likeness (QED) is 0.619. The molecular formula is C13H16N6O4S. The van der Waals surface area contributed by atoms with Crippen molar-refractivity contribution in [1.82, 2.24) is 20.3 Å². The van der Waals surface area contributed by atoms with Crippen LogP contribution in [-0.2, 0) is 32.7 Å². The topological polar surface area (TPSA) is 149 Å². The normalized spacial score (nSPS) is 11.1. The number of rotatable bonds is 6. The van der Waals surface area contributed by atoms with Gasteiger partial charge < -0.3 is 10.6 Å². The van der Waals surface area contributed by atoms with Crippen LogP contribution in [0.3, 0.4) is 0 Å². The van der Waals surface area contributed by atoms with Crippen molar-refractivity contribution >= 4 is 27.7 Å². The van der Waals surface area contributed by atoms with E-state index in [0.29, 0.717) is 5.56 Å². The zero-order chi connectivity index (χ0) is 17.7. The Hall–Kier alpha value is -2.79. The number of aromatic nitrogens is 3. The predicted molar refractivity (Wildman–Crippen MR) is 84.0 cm³/mol. The van der Waals surface area contributed by atoms with Crippen LogP contribution in [0.4, 0.5) is 5.82 Å². The molecule has 10 nitrogen and oxygen atoms in total. The second kappa shape index (κ2) is 7.19. The molecule has 24 heavy (non-hydrogen) atoms. The van der Waals surface area contributed by atoms with Gasteiger partial charge in [-0.25, -0.2) is 13.6 Å². The van der Waals surface area contributed by atoms with Gasteiger partial charge in [0.15, 0.2) is 5.82 Å². The highest BCUT2D eigenvalue weighted by Crippen LogP contribution is 2.08. The Morgan fingerprint density at radius 1 is 1.25 bits per heavy atom. The van der Waals surface area contributed by atoms with Gasteiger partial charge in [-0.1, -0.05) is 12.1 Å². The van der Waals surface area contributed by atoms with Gasteiger partial charge in [0.2, 0.25) is 21.8 Å². The van der Waals surface area contributed by atoms with Crippen molar-refractivity contribution in [3.8, 4) is 0 Å². The summed E-state index contributed by atoms with van der Waals surface area (Å²) in [6.07, 6.45) is 1.33. The first-order valence-corrected chi connectivity index (χ1v) is 8.35. The minimum atomic E-state index is -3.74. The Morgan fingerprint density at radius 2 is 1.92 bits per heavy atom. The van der Waals surface area contributed by atoms with E-state index in [1.54, 1.807) is 12.1 Å². The number of benzene rings is 1. The van der Waals surface area contributed by atoms with Crippen LogP contribution >= 0.6 is 0 Å². The minimum Gasteiger partial charge on any atom is -0.350 e. The summed E-state index contributed by atoms with van der Waals surface area (Å²) in [4.78, 5) is 23.9. The number of nitrogens with one attached hydrogen (secondary N) is 2. The summed E-state index contributed by atoms with van der Waals surface area (Å²) in [7, 11) is -3.74. The Bertz CT molecular complexity index is 844. The fourth-order valence-corrected chi connectivity index (χ4v) is 2.31. The summed E-state index contributed by atoms with van der Waals surface area (Å²) in [6, 6.07) is 5.85. The lowest BCUT2D eigenvalue weighted by Gasteiger charge is -2.06. The fraction of sp³-hybridized carbons (Fsp3) is 0.231. The highest BCUT2D eigenvalue weighted by Gasteiger charge is 2.09. The van der Waals surface area contributed by atoms with Crippen LogP contribution in [0.5, 0.6) is 0 Å². The first kappa shape index (κ1) is 17.6. The molecule has 11 heteroatoms. The van der Waals surface area contributed by atoms with Gasteiger partial charge in [-0.05, 0) is 17.7 Å². The van der Waals surface area contributed by atoms with Gasteiger partial charge in [0.25, 0.3) is 0 Å². The molecule has 128 valence electrons. The standard InChI is InChI=1S/C13H16N6O4S/c1-9(20)17-12-7-16-19(18-12)8-13(21)15-6-10-2-4-11(5-3-10)24(14,22)23/h2-5,7H,6,8H2,1H3,(H,15,21)(H2,14,22,23)(H,17,18,20). The van der Waals surface area contributed by atoms with E-state index in [1.807, 2.05) is 0 Å². The molecule has 0 aliphatic carbocycles. The van der Waals surface area contributed by atoms with E-state index >= 15 is 0 Å². The maximum Gasteiger partial charge on any atom is 0.243 e. The first-order valence-electron chi connectivity index (χ1n) is 6.80. The zero-order valence-corrected chi connectivity index (χ0v) is 13.6. The molecule has 4 N–H and O–H groups in total. The molecular weight excluding hydrogens is 336 g/mol. The molecule has 0 saturated heterocycles. The summed E-state index contributed by atoms with van der Waals surface area (Å²) in [5, 5.41) is 17.9. The number of nitrogens with two attached hydrogens (primary N) is 1. The van der Waals surface area contributed by atoms with Crippen molar-refractivity contribution < 1.29 is 18.0 Å². The van der Waals surface area contributed by atoms with Crippen molar-refractivity contribution in [3.63, 3.8) is 0 Å². The number of carbonyl (C=O) groups excluding carboxylic acids is 2. The highest BCUT2D eigenvalue weighted by atomic mass is 32.2. The third-order valence-electron chi connectivity index (χ3n) is 2.87. The van der Waals surface area contributed by atoms with E-state index in [9.17, 15) is 18.0 Å². The third kappa shape index (κ3) is 5.14. The molecule has 0 aliphatic heterocycles. The monoisotopic (exact) mass is 352 g/mol. The van der Waals surface area contributed by atoms with Crippen LogP contribution in [0, 0.1) is 0 Å². The van der Waals surface area contributed by atoms with Gasteiger partial charge in [-0.3, -0.25) is 9.59 Å². The Labute approximate surface area is 138 Å². The van der Waals surface area contributed by atoms with Gasteiger partial charge in [-0.2, -0.15) is 9.90 Å². The van der Waals surface area contributed by atoms with Crippen LogP contribution < -0.4 is 15.8 Å². The smallest absolute Gasteiger partial charge is 0.243 e. The lowest BCUT2D eigenvalue weighted by Crippen LogP contribution is -2.28. The van der Waals surface area contributed by atoms with Crippen molar-refractivity contribution in [2.24, 2.45) is 5.14 Å². The summed E-state index contributed by atoms with van der Waals surface area (Å²) in [5.74, 6) is -0.362. The van der Waals surface area contributed by atoms with E-state index in [-0.39, 0.29) is 35.6 Å². The molecule has 1 aromatic carbocycles. The molecule has 0 saturated carbocycles. The lowest BCUT2D eigenvalue weighted by molar-refractivity contribution is -0.122. The van der Waals surface area contributed by atoms with E-state index in [4.69, 9.17) is 5.14 Å². The first-order chi connectivity index (χ1) is 11.2. The Morgan fingerprint density at radius 3 is 2.50 bits per heavy atom. The van der Waals surface area contributed by atoms with E-state index in [0.717, 1.165) is 4.80 Å². The number of primary sulfonamides is 1. The number of amides is 2. The van der Waals surface area contributed by atoms with Gasteiger partial charge in [0, 0.05) is 13.5 Å². The van der Waals surface area contributed by atoms with Gasteiger partial charge in [-0.15, -0.1) is 5.10 Å². The minimum absolute atomic E-state index is 0.00354. The zero-order valence-electron chi connectivity index (χ0n) is 12.8. The second-order valence-electron chi connectivity index (χ2n) is 4.91. The Balaban J connectivity index is 1.87. The molecule has 2 amide bonds. The third-order valence-corrected chi connectivity index (χ3v) is 3.80. The van der Waals surface area contributed by atoms with Crippen molar-refractivity contribution in [2.75, 3.05) is 5.32 Å². The molecule has 0 spiro atoms. The second-order valence-corrected chi connectivity index (χ2v) is 6.47. The number of nitrogens with zero attached hydrogens (tertiary/aromatic N) is 3. The van der Waals surface area contributed by atoms with E-state index in [2.05, 4.69) is 20.8 Å². The number of hydrogen-bond donors (Lipinski definition) is 3.